The van der Waals surface area contributed by atoms with Crippen LogP contribution in [0.25, 0.3) is 10.9 Å². The minimum absolute atomic E-state index is 0.116. The maximum absolute atomic E-state index is 13.9. The number of esters is 1. The third-order valence-electron chi connectivity index (χ3n) is 2.90. The molecule has 0 spiro atoms. The molecule has 3 N–H and O–H groups in total. The Morgan fingerprint density at radius 3 is 2.89 bits per heavy atom. The molecule has 0 aliphatic heterocycles. The standard InChI is InChI=1S/C13H14F2N2O2/c1-2-19-12(18)13(14,15)11(16)9-4-3-5-10-8(9)6-7-17-10/h3-7,11,17H,2,16H2,1H3/t11-/m1/s1. The number of carbonyl (C=O) groups is 1. The van der Waals surface area contributed by atoms with Gasteiger partial charge in [0.1, 0.15) is 6.04 Å². The maximum Gasteiger partial charge on any atom is 0.379 e. The van der Waals surface area contributed by atoms with Crippen LogP contribution in [0, 0.1) is 0 Å². The number of nitrogens with two attached hydrogens (primary N) is 1. The van der Waals surface area contributed by atoms with Crippen molar-refractivity contribution in [3.8, 4) is 0 Å². The van der Waals surface area contributed by atoms with E-state index in [-0.39, 0.29) is 12.2 Å². The topological polar surface area (TPSA) is 68.1 Å². The minimum Gasteiger partial charge on any atom is -0.462 e. The van der Waals surface area contributed by atoms with Gasteiger partial charge in [-0.3, -0.25) is 0 Å². The van der Waals surface area contributed by atoms with E-state index in [2.05, 4.69) is 9.72 Å². The van der Waals surface area contributed by atoms with E-state index in [1.165, 1.54) is 13.0 Å². The number of nitrogens with one attached hydrogen (secondary N) is 1. The van der Waals surface area contributed by atoms with E-state index in [0.717, 1.165) is 0 Å². The van der Waals surface area contributed by atoms with Crippen LogP contribution in [0.2, 0.25) is 0 Å². The second-order valence-corrected chi connectivity index (χ2v) is 4.11. The molecule has 0 amide bonds. The van der Waals surface area contributed by atoms with Gasteiger partial charge in [0, 0.05) is 17.1 Å². The molecule has 0 aliphatic rings. The van der Waals surface area contributed by atoms with Gasteiger partial charge in [0.2, 0.25) is 0 Å². The van der Waals surface area contributed by atoms with E-state index in [9.17, 15) is 13.6 Å². The number of alkyl halides is 2. The molecule has 0 saturated carbocycles. The number of hydrogen-bond donors (Lipinski definition) is 2. The maximum atomic E-state index is 13.9. The van der Waals surface area contributed by atoms with Crippen molar-refractivity contribution in [2.75, 3.05) is 6.61 Å². The molecule has 102 valence electrons. The van der Waals surface area contributed by atoms with Crippen LogP contribution in [0.3, 0.4) is 0 Å². The highest BCUT2D eigenvalue weighted by molar-refractivity contribution is 5.86. The Balaban J connectivity index is 2.40. The van der Waals surface area contributed by atoms with Gasteiger partial charge >= 0.3 is 11.9 Å². The number of carbonyl (C=O) groups excluding carboxylic acids is 1. The van der Waals surface area contributed by atoms with Gasteiger partial charge in [-0.25, -0.2) is 4.79 Å². The third kappa shape index (κ3) is 2.31. The molecule has 0 aliphatic carbocycles. The number of ether oxygens (including phenoxy) is 1. The number of H-pyrrole nitrogens is 1. The van der Waals surface area contributed by atoms with Gasteiger partial charge in [-0.05, 0) is 24.6 Å². The highest BCUT2D eigenvalue weighted by Gasteiger charge is 2.48. The van der Waals surface area contributed by atoms with Crippen molar-refractivity contribution >= 4 is 16.9 Å². The zero-order valence-electron chi connectivity index (χ0n) is 10.3. The van der Waals surface area contributed by atoms with E-state index >= 15 is 0 Å². The minimum atomic E-state index is -3.76. The number of rotatable bonds is 4. The fourth-order valence-corrected chi connectivity index (χ4v) is 1.93. The zero-order chi connectivity index (χ0) is 14.0. The summed E-state index contributed by atoms with van der Waals surface area (Å²) < 4.78 is 32.2. The molecule has 2 rings (SSSR count). The van der Waals surface area contributed by atoms with Crippen molar-refractivity contribution < 1.29 is 18.3 Å². The number of fused-ring (bicyclic) bond motifs is 1. The lowest BCUT2D eigenvalue weighted by atomic mass is 9.98. The molecule has 1 heterocycles. The molecule has 1 atom stereocenters. The second-order valence-electron chi connectivity index (χ2n) is 4.11. The van der Waals surface area contributed by atoms with Gasteiger partial charge in [-0.2, -0.15) is 8.78 Å². The van der Waals surface area contributed by atoms with Gasteiger partial charge in [0.15, 0.2) is 0 Å². The average molecular weight is 268 g/mol. The lowest BCUT2D eigenvalue weighted by molar-refractivity contribution is -0.174. The number of hydrogen-bond acceptors (Lipinski definition) is 3. The summed E-state index contributed by atoms with van der Waals surface area (Å²) >= 11 is 0. The van der Waals surface area contributed by atoms with Gasteiger partial charge < -0.3 is 15.5 Å². The van der Waals surface area contributed by atoms with Crippen LogP contribution in [-0.4, -0.2) is 23.5 Å². The number of halogens is 2. The first-order valence-corrected chi connectivity index (χ1v) is 5.85. The molecule has 2 aromatic rings. The summed E-state index contributed by atoms with van der Waals surface area (Å²) in [5, 5.41) is 0.568. The molecule has 6 heteroatoms. The lowest BCUT2D eigenvalue weighted by Crippen LogP contribution is -2.41. The Bertz CT molecular complexity index is 595. The molecule has 4 nitrogen and oxygen atoms in total. The average Bonchev–Trinajstić information content (AvgIpc) is 2.86. The van der Waals surface area contributed by atoms with Crippen molar-refractivity contribution in [1.82, 2.24) is 4.98 Å². The Kier molecular flexibility index (Phi) is 3.53. The van der Waals surface area contributed by atoms with Crippen molar-refractivity contribution in [1.29, 1.82) is 0 Å². The molecular formula is C13H14F2N2O2. The van der Waals surface area contributed by atoms with Crippen LogP contribution in [-0.2, 0) is 9.53 Å². The van der Waals surface area contributed by atoms with E-state index in [1.807, 2.05) is 0 Å². The van der Waals surface area contributed by atoms with Crippen LogP contribution < -0.4 is 5.73 Å². The van der Waals surface area contributed by atoms with Gasteiger partial charge in [-0.1, -0.05) is 12.1 Å². The van der Waals surface area contributed by atoms with Gasteiger partial charge in [0.25, 0.3) is 0 Å². The summed E-state index contributed by atoms with van der Waals surface area (Å²) in [5.41, 5.74) is 6.46. The van der Waals surface area contributed by atoms with Crippen molar-refractivity contribution in [2.45, 2.75) is 18.9 Å². The Morgan fingerprint density at radius 1 is 1.47 bits per heavy atom. The predicted octanol–water partition coefficient (Wildman–Crippen LogP) is 2.37. The van der Waals surface area contributed by atoms with Crippen molar-refractivity contribution in [2.24, 2.45) is 5.73 Å². The first kappa shape index (κ1) is 13.5. The van der Waals surface area contributed by atoms with Crippen molar-refractivity contribution in [3.63, 3.8) is 0 Å². The molecular weight excluding hydrogens is 254 g/mol. The first-order chi connectivity index (χ1) is 8.98. The van der Waals surface area contributed by atoms with Crippen molar-refractivity contribution in [3.05, 3.63) is 36.0 Å². The quantitative estimate of drug-likeness (QED) is 0.836. The molecule has 19 heavy (non-hydrogen) atoms. The first-order valence-electron chi connectivity index (χ1n) is 5.85. The van der Waals surface area contributed by atoms with Gasteiger partial charge in [-0.15, -0.1) is 0 Å². The molecule has 1 aromatic carbocycles. The zero-order valence-corrected chi connectivity index (χ0v) is 10.3. The SMILES string of the molecule is CCOC(=O)C(F)(F)[C@H](N)c1cccc2[nH]ccc12. The number of aromatic nitrogens is 1. The molecule has 1 aromatic heterocycles. The van der Waals surface area contributed by atoms with Crippen LogP contribution >= 0.6 is 0 Å². The summed E-state index contributed by atoms with van der Waals surface area (Å²) in [6, 6.07) is 4.73. The summed E-state index contributed by atoms with van der Waals surface area (Å²) in [6.07, 6.45) is 1.63. The van der Waals surface area contributed by atoms with Crippen LogP contribution in [0.4, 0.5) is 8.78 Å². The van der Waals surface area contributed by atoms with E-state index in [1.54, 1.807) is 24.4 Å². The normalized spacial score (nSPS) is 13.5. The fraction of sp³-hybridized carbons (Fsp3) is 0.308. The monoisotopic (exact) mass is 268 g/mol. The van der Waals surface area contributed by atoms with E-state index in [4.69, 9.17) is 5.73 Å². The lowest BCUT2D eigenvalue weighted by Gasteiger charge is -2.22. The van der Waals surface area contributed by atoms with Crippen LogP contribution in [0.1, 0.15) is 18.5 Å². The fourth-order valence-electron chi connectivity index (χ4n) is 1.93. The smallest absolute Gasteiger partial charge is 0.379 e. The molecule has 0 bridgehead atoms. The molecule has 0 unspecified atom stereocenters. The number of aromatic amines is 1. The van der Waals surface area contributed by atoms with Gasteiger partial charge in [0.05, 0.1) is 6.61 Å². The second kappa shape index (κ2) is 4.97. The highest BCUT2D eigenvalue weighted by Crippen LogP contribution is 2.34. The summed E-state index contributed by atoms with van der Waals surface area (Å²) in [7, 11) is 0. The predicted molar refractivity (Wildman–Crippen MR) is 66.8 cm³/mol. The van der Waals surface area contributed by atoms with E-state index in [0.29, 0.717) is 10.9 Å². The molecule has 0 saturated heterocycles. The van der Waals surface area contributed by atoms with Crippen LogP contribution in [0.5, 0.6) is 0 Å². The summed E-state index contributed by atoms with van der Waals surface area (Å²) in [6.45, 7) is 1.35. The Morgan fingerprint density at radius 2 is 2.21 bits per heavy atom. The molecule has 0 radical (unpaired) electrons. The highest BCUT2D eigenvalue weighted by atomic mass is 19.3. The van der Waals surface area contributed by atoms with Crippen LogP contribution in [0.15, 0.2) is 30.5 Å². The Labute approximate surface area is 108 Å². The van der Waals surface area contributed by atoms with E-state index < -0.39 is 17.9 Å². The summed E-state index contributed by atoms with van der Waals surface area (Å²) in [4.78, 5) is 14.2. The molecule has 0 fully saturated rings. The summed E-state index contributed by atoms with van der Waals surface area (Å²) in [5.74, 6) is -5.36. The number of benzene rings is 1. The third-order valence-corrected chi connectivity index (χ3v) is 2.90. The Hall–Kier alpha value is -1.95. The largest absolute Gasteiger partial charge is 0.462 e.